The van der Waals surface area contributed by atoms with Crippen LogP contribution in [0, 0.1) is 11.8 Å². The third-order valence-electron chi connectivity index (χ3n) is 2.96. The highest BCUT2D eigenvalue weighted by Crippen LogP contribution is 2.32. The third-order valence-corrected chi connectivity index (χ3v) is 2.96. The quantitative estimate of drug-likeness (QED) is 0.663. The molecule has 0 bridgehead atoms. The first kappa shape index (κ1) is 10.0. The molecule has 1 saturated carbocycles. The van der Waals surface area contributed by atoms with E-state index in [9.17, 15) is 10.2 Å². The number of aliphatic hydroxyl groups is 2. The molecule has 1 fully saturated rings. The summed E-state index contributed by atoms with van der Waals surface area (Å²) in [6.45, 7) is 4.02. The topological polar surface area (TPSA) is 40.5 Å². The third kappa shape index (κ3) is 2.76. The number of hydrogen-bond donors (Lipinski definition) is 2. The predicted octanol–water partition coefficient (Wildman–Crippen LogP) is 1.55. The Morgan fingerprint density at radius 3 is 2.58 bits per heavy atom. The fraction of sp³-hybridized carbons (Fsp3) is 1.00. The van der Waals surface area contributed by atoms with Crippen molar-refractivity contribution in [1.29, 1.82) is 0 Å². The van der Waals surface area contributed by atoms with Gasteiger partial charge in [-0.25, -0.2) is 0 Å². The van der Waals surface area contributed by atoms with Gasteiger partial charge in [0.05, 0.1) is 12.2 Å². The zero-order valence-corrected chi connectivity index (χ0v) is 8.03. The van der Waals surface area contributed by atoms with Gasteiger partial charge in [-0.1, -0.05) is 6.92 Å². The second-order valence-electron chi connectivity index (χ2n) is 4.29. The van der Waals surface area contributed by atoms with E-state index in [1.165, 1.54) is 0 Å². The van der Waals surface area contributed by atoms with E-state index in [-0.39, 0.29) is 12.2 Å². The first-order valence-electron chi connectivity index (χ1n) is 4.95. The van der Waals surface area contributed by atoms with Gasteiger partial charge in [-0.3, -0.25) is 0 Å². The van der Waals surface area contributed by atoms with Crippen LogP contribution in [0.4, 0.5) is 0 Å². The molecule has 0 aromatic rings. The molecule has 1 rings (SSSR count). The Hall–Kier alpha value is -0.0800. The lowest BCUT2D eigenvalue weighted by Gasteiger charge is -2.32. The number of hydrogen-bond acceptors (Lipinski definition) is 2. The van der Waals surface area contributed by atoms with E-state index in [4.69, 9.17) is 0 Å². The van der Waals surface area contributed by atoms with E-state index in [0.717, 1.165) is 25.7 Å². The molecule has 0 radical (unpaired) electrons. The summed E-state index contributed by atoms with van der Waals surface area (Å²) in [4.78, 5) is 0. The average Bonchev–Trinajstić information content (AvgIpc) is 1.94. The molecule has 0 aromatic heterocycles. The van der Waals surface area contributed by atoms with Gasteiger partial charge in [0, 0.05) is 0 Å². The van der Waals surface area contributed by atoms with Crippen molar-refractivity contribution in [2.45, 2.75) is 51.7 Å². The van der Waals surface area contributed by atoms with E-state index in [1.807, 2.05) is 6.92 Å². The molecule has 0 aromatic carbocycles. The summed E-state index contributed by atoms with van der Waals surface area (Å²) in [5.74, 6) is 1.19. The average molecular weight is 172 g/mol. The normalized spacial score (nSPS) is 39.5. The minimum absolute atomic E-state index is 0.0924. The molecule has 0 heterocycles. The lowest BCUT2D eigenvalue weighted by molar-refractivity contribution is 0.0522. The van der Waals surface area contributed by atoms with Gasteiger partial charge in [-0.15, -0.1) is 0 Å². The van der Waals surface area contributed by atoms with Gasteiger partial charge in [0.1, 0.15) is 0 Å². The molecule has 12 heavy (non-hydrogen) atoms. The van der Waals surface area contributed by atoms with Crippen LogP contribution in [-0.4, -0.2) is 22.4 Å². The predicted molar refractivity (Wildman–Crippen MR) is 48.8 cm³/mol. The van der Waals surface area contributed by atoms with Crippen LogP contribution in [0.3, 0.4) is 0 Å². The van der Waals surface area contributed by atoms with Crippen molar-refractivity contribution in [1.82, 2.24) is 0 Å². The highest BCUT2D eigenvalue weighted by molar-refractivity contribution is 4.78. The largest absolute Gasteiger partial charge is 0.393 e. The van der Waals surface area contributed by atoms with Gasteiger partial charge in [-0.05, 0) is 44.4 Å². The highest BCUT2D eigenvalue weighted by Gasteiger charge is 2.26. The lowest BCUT2D eigenvalue weighted by atomic mass is 9.76. The standard InChI is InChI=1S/C10H20O2/c1-7-5-10(12)4-3-9(7)6-8(2)11/h7-12H,3-6H2,1-2H3. The smallest absolute Gasteiger partial charge is 0.0543 e. The molecular weight excluding hydrogens is 152 g/mol. The SMILES string of the molecule is CC(O)CC1CCC(O)CC1C. The van der Waals surface area contributed by atoms with Crippen LogP contribution >= 0.6 is 0 Å². The van der Waals surface area contributed by atoms with Crippen LogP contribution in [-0.2, 0) is 0 Å². The molecule has 72 valence electrons. The fourth-order valence-electron chi connectivity index (χ4n) is 2.22. The van der Waals surface area contributed by atoms with Crippen molar-refractivity contribution < 1.29 is 10.2 Å². The minimum atomic E-state index is -0.187. The van der Waals surface area contributed by atoms with Gasteiger partial charge >= 0.3 is 0 Å². The first-order valence-corrected chi connectivity index (χ1v) is 4.95. The Morgan fingerprint density at radius 1 is 1.42 bits per heavy atom. The Balaban J connectivity index is 2.34. The molecule has 2 N–H and O–H groups in total. The molecule has 1 aliphatic rings. The molecular formula is C10H20O2. The molecule has 0 saturated heterocycles. The van der Waals surface area contributed by atoms with E-state index >= 15 is 0 Å². The zero-order chi connectivity index (χ0) is 9.14. The van der Waals surface area contributed by atoms with Crippen LogP contribution in [0.5, 0.6) is 0 Å². The van der Waals surface area contributed by atoms with Crippen LogP contribution in [0.2, 0.25) is 0 Å². The van der Waals surface area contributed by atoms with Gasteiger partial charge < -0.3 is 10.2 Å². The summed E-state index contributed by atoms with van der Waals surface area (Å²) in [6.07, 6.45) is 3.53. The second kappa shape index (κ2) is 4.24. The molecule has 1 aliphatic carbocycles. The lowest BCUT2D eigenvalue weighted by Crippen LogP contribution is -2.28. The first-order chi connectivity index (χ1) is 5.59. The molecule has 0 aliphatic heterocycles. The van der Waals surface area contributed by atoms with Gasteiger partial charge in [-0.2, -0.15) is 0 Å². The second-order valence-corrected chi connectivity index (χ2v) is 4.29. The number of aliphatic hydroxyl groups excluding tert-OH is 2. The molecule has 0 amide bonds. The molecule has 4 unspecified atom stereocenters. The Morgan fingerprint density at radius 2 is 2.08 bits per heavy atom. The summed E-state index contributed by atoms with van der Waals surface area (Å²) in [5.41, 5.74) is 0. The van der Waals surface area contributed by atoms with E-state index < -0.39 is 0 Å². The minimum Gasteiger partial charge on any atom is -0.393 e. The fourth-order valence-corrected chi connectivity index (χ4v) is 2.22. The Kier molecular flexibility index (Phi) is 3.53. The molecule has 0 spiro atoms. The van der Waals surface area contributed by atoms with Crippen LogP contribution in [0.25, 0.3) is 0 Å². The van der Waals surface area contributed by atoms with Crippen LogP contribution in [0.15, 0.2) is 0 Å². The Labute approximate surface area is 74.6 Å². The van der Waals surface area contributed by atoms with Crippen molar-refractivity contribution in [3.8, 4) is 0 Å². The van der Waals surface area contributed by atoms with Crippen LogP contribution in [0.1, 0.15) is 39.5 Å². The number of rotatable bonds is 2. The van der Waals surface area contributed by atoms with Crippen molar-refractivity contribution in [3.63, 3.8) is 0 Å². The maximum absolute atomic E-state index is 9.37. The van der Waals surface area contributed by atoms with E-state index in [2.05, 4.69) is 6.92 Å². The molecule has 2 heteroatoms. The zero-order valence-electron chi connectivity index (χ0n) is 8.03. The van der Waals surface area contributed by atoms with Gasteiger partial charge in [0.2, 0.25) is 0 Å². The van der Waals surface area contributed by atoms with E-state index in [0.29, 0.717) is 11.8 Å². The van der Waals surface area contributed by atoms with Crippen molar-refractivity contribution in [2.75, 3.05) is 0 Å². The summed E-state index contributed by atoms with van der Waals surface area (Å²) in [6, 6.07) is 0. The van der Waals surface area contributed by atoms with Gasteiger partial charge in [0.25, 0.3) is 0 Å². The maximum atomic E-state index is 9.37. The molecule has 2 nitrogen and oxygen atoms in total. The summed E-state index contributed by atoms with van der Waals surface area (Å²) >= 11 is 0. The summed E-state index contributed by atoms with van der Waals surface area (Å²) < 4.78 is 0. The van der Waals surface area contributed by atoms with E-state index in [1.54, 1.807) is 0 Å². The Bertz CT molecular complexity index is 134. The summed E-state index contributed by atoms with van der Waals surface area (Å²) in [7, 11) is 0. The monoisotopic (exact) mass is 172 g/mol. The van der Waals surface area contributed by atoms with Crippen molar-refractivity contribution >= 4 is 0 Å². The highest BCUT2D eigenvalue weighted by atomic mass is 16.3. The maximum Gasteiger partial charge on any atom is 0.0543 e. The van der Waals surface area contributed by atoms with Gasteiger partial charge in [0.15, 0.2) is 0 Å². The van der Waals surface area contributed by atoms with Crippen molar-refractivity contribution in [3.05, 3.63) is 0 Å². The van der Waals surface area contributed by atoms with Crippen LogP contribution < -0.4 is 0 Å². The summed E-state index contributed by atoms with van der Waals surface area (Å²) in [5, 5.41) is 18.6. The molecule has 4 atom stereocenters. The van der Waals surface area contributed by atoms with Crippen molar-refractivity contribution in [2.24, 2.45) is 11.8 Å².